The highest BCUT2D eigenvalue weighted by atomic mass is 32.1. The quantitative estimate of drug-likeness (QED) is 0.853. The molecule has 1 saturated heterocycles. The molecule has 1 aromatic rings. The summed E-state index contributed by atoms with van der Waals surface area (Å²) in [6, 6.07) is 5.01. The number of hydrogen-bond donors (Lipinski definition) is 1. The van der Waals surface area contributed by atoms with Crippen molar-refractivity contribution in [2.24, 2.45) is 0 Å². The van der Waals surface area contributed by atoms with Crippen molar-refractivity contribution in [3.8, 4) is 0 Å². The van der Waals surface area contributed by atoms with Crippen LogP contribution in [0.1, 0.15) is 31.1 Å². The zero-order valence-electron chi connectivity index (χ0n) is 9.95. The van der Waals surface area contributed by atoms with Crippen LogP contribution in [0.15, 0.2) is 17.5 Å². The standard InChI is InChI=1S/C13H21NOS/c1-2-12-10-11(6-8-15-12)14-7-5-13-4-3-9-16-13/h3-4,9,11-12,14H,2,5-8,10H2,1H3. The molecule has 1 N–H and O–H groups in total. The normalized spacial score (nSPS) is 25.8. The molecule has 2 unspecified atom stereocenters. The maximum absolute atomic E-state index is 5.67. The van der Waals surface area contributed by atoms with Gasteiger partial charge in [-0.3, -0.25) is 0 Å². The molecule has 0 saturated carbocycles. The molecule has 1 aromatic heterocycles. The maximum Gasteiger partial charge on any atom is 0.0587 e. The van der Waals surface area contributed by atoms with Crippen LogP contribution in [-0.4, -0.2) is 25.3 Å². The Morgan fingerprint density at radius 2 is 2.50 bits per heavy atom. The Hall–Kier alpha value is -0.380. The Bertz CT molecular complexity index is 286. The Morgan fingerprint density at radius 1 is 1.56 bits per heavy atom. The average molecular weight is 239 g/mol. The molecular formula is C13H21NOS. The summed E-state index contributed by atoms with van der Waals surface area (Å²) in [5.74, 6) is 0. The highest BCUT2D eigenvalue weighted by Crippen LogP contribution is 2.16. The Kier molecular flexibility index (Phi) is 4.82. The van der Waals surface area contributed by atoms with Crippen molar-refractivity contribution >= 4 is 11.3 Å². The first-order valence-electron chi connectivity index (χ1n) is 6.26. The summed E-state index contributed by atoms with van der Waals surface area (Å²) in [6.07, 6.45) is 5.13. The van der Waals surface area contributed by atoms with Crippen LogP contribution >= 0.6 is 11.3 Å². The third-order valence-electron chi connectivity index (χ3n) is 3.21. The SMILES string of the molecule is CCC1CC(NCCc2cccs2)CCO1. The first-order valence-corrected chi connectivity index (χ1v) is 7.14. The van der Waals surface area contributed by atoms with E-state index in [0.717, 1.165) is 26.0 Å². The molecule has 1 aliphatic rings. The number of rotatable bonds is 5. The van der Waals surface area contributed by atoms with Crippen LogP contribution in [0.4, 0.5) is 0 Å². The highest BCUT2D eigenvalue weighted by molar-refractivity contribution is 7.09. The van der Waals surface area contributed by atoms with Crippen molar-refractivity contribution in [1.82, 2.24) is 5.32 Å². The molecule has 1 fully saturated rings. The summed E-state index contributed by atoms with van der Waals surface area (Å²) in [7, 11) is 0. The summed E-state index contributed by atoms with van der Waals surface area (Å²) >= 11 is 1.85. The fourth-order valence-corrected chi connectivity index (χ4v) is 2.91. The second-order valence-electron chi connectivity index (χ2n) is 4.41. The van der Waals surface area contributed by atoms with Crippen LogP contribution in [0.25, 0.3) is 0 Å². The molecule has 0 bridgehead atoms. The molecule has 0 aliphatic carbocycles. The van der Waals surface area contributed by atoms with Gasteiger partial charge >= 0.3 is 0 Å². The summed E-state index contributed by atoms with van der Waals surface area (Å²) in [5, 5.41) is 5.80. The summed E-state index contributed by atoms with van der Waals surface area (Å²) in [6.45, 7) is 4.23. The zero-order valence-corrected chi connectivity index (χ0v) is 10.8. The van der Waals surface area contributed by atoms with Crippen molar-refractivity contribution in [3.05, 3.63) is 22.4 Å². The second-order valence-corrected chi connectivity index (χ2v) is 5.44. The fourth-order valence-electron chi connectivity index (χ4n) is 2.20. The third-order valence-corrected chi connectivity index (χ3v) is 4.14. The number of ether oxygens (including phenoxy) is 1. The van der Waals surface area contributed by atoms with Gasteiger partial charge in [0, 0.05) is 24.1 Å². The fraction of sp³-hybridized carbons (Fsp3) is 0.692. The van der Waals surface area contributed by atoms with Gasteiger partial charge in [0.05, 0.1) is 6.10 Å². The predicted octanol–water partition coefficient (Wildman–Crippen LogP) is 2.84. The molecular weight excluding hydrogens is 218 g/mol. The Balaban J connectivity index is 1.65. The van der Waals surface area contributed by atoms with E-state index in [1.165, 1.54) is 17.7 Å². The van der Waals surface area contributed by atoms with Crippen LogP contribution < -0.4 is 5.32 Å². The van der Waals surface area contributed by atoms with E-state index in [1.54, 1.807) is 0 Å². The van der Waals surface area contributed by atoms with E-state index in [1.807, 2.05) is 11.3 Å². The maximum atomic E-state index is 5.67. The first-order chi connectivity index (χ1) is 7.88. The van der Waals surface area contributed by atoms with E-state index in [4.69, 9.17) is 4.74 Å². The van der Waals surface area contributed by atoms with Crippen molar-refractivity contribution in [2.75, 3.05) is 13.2 Å². The van der Waals surface area contributed by atoms with Crippen LogP contribution in [0.2, 0.25) is 0 Å². The van der Waals surface area contributed by atoms with E-state index < -0.39 is 0 Å². The molecule has 16 heavy (non-hydrogen) atoms. The summed E-state index contributed by atoms with van der Waals surface area (Å²) in [5.41, 5.74) is 0. The molecule has 2 heterocycles. The molecule has 1 aliphatic heterocycles. The zero-order chi connectivity index (χ0) is 11.2. The lowest BCUT2D eigenvalue weighted by Crippen LogP contribution is -2.39. The molecule has 0 aromatic carbocycles. The minimum Gasteiger partial charge on any atom is -0.378 e. The van der Waals surface area contributed by atoms with Gasteiger partial charge in [-0.1, -0.05) is 13.0 Å². The van der Waals surface area contributed by atoms with Crippen molar-refractivity contribution in [1.29, 1.82) is 0 Å². The topological polar surface area (TPSA) is 21.3 Å². The molecule has 2 atom stereocenters. The number of thiophene rings is 1. The van der Waals surface area contributed by atoms with Crippen LogP contribution in [0.3, 0.4) is 0 Å². The van der Waals surface area contributed by atoms with Crippen molar-refractivity contribution in [3.63, 3.8) is 0 Å². The van der Waals surface area contributed by atoms with Gasteiger partial charge in [0.15, 0.2) is 0 Å². The molecule has 0 radical (unpaired) electrons. The smallest absolute Gasteiger partial charge is 0.0587 e. The van der Waals surface area contributed by atoms with Gasteiger partial charge in [0.25, 0.3) is 0 Å². The van der Waals surface area contributed by atoms with Crippen LogP contribution in [0, 0.1) is 0 Å². The lowest BCUT2D eigenvalue weighted by atomic mass is 10.0. The van der Waals surface area contributed by atoms with E-state index in [2.05, 4.69) is 29.8 Å². The second kappa shape index (κ2) is 6.38. The average Bonchev–Trinajstić information content (AvgIpc) is 2.82. The minimum absolute atomic E-state index is 0.480. The van der Waals surface area contributed by atoms with Gasteiger partial charge in [0.2, 0.25) is 0 Å². The minimum atomic E-state index is 0.480. The van der Waals surface area contributed by atoms with Gasteiger partial charge in [-0.15, -0.1) is 11.3 Å². The predicted molar refractivity (Wildman–Crippen MR) is 69.1 cm³/mol. The molecule has 0 amide bonds. The van der Waals surface area contributed by atoms with Gasteiger partial charge in [-0.25, -0.2) is 0 Å². The Labute approximate surface area is 102 Å². The summed E-state index contributed by atoms with van der Waals surface area (Å²) in [4.78, 5) is 1.48. The van der Waals surface area contributed by atoms with Gasteiger partial charge < -0.3 is 10.1 Å². The van der Waals surface area contributed by atoms with Gasteiger partial charge in [-0.05, 0) is 37.1 Å². The number of nitrogens with one attached hydrogen (secondary N) is 1. The third kappa shape index (κ3) is 3.58. The highest BCUT2D eigenvalue weighted by Gasteiger charge is 2.20. The lowest BCUT2D eigenvalue weighted by Gasteiger charge is -2.29. The van der Waals surface area contributed by atoms with Gasteiger partial charge in [0.1, 0.15) is 0 Å². The molecule has 3 heteroatoms. The van der Waals surface area contributed by atoms with Gasteiger partial charge in [-0.2, -0.15) is 0 Å². The Morgan fingerprint density at radius 3 is 3.25 bits per heavy atom. The first kappa shape index (κ1) is 12.1. The molecule has 90 valence electrons. The molecule has 0 spiro atoms. The number of hydrogen-bond acceptors (Lipinski definition) is 3. The molecule has 2 nitrogen and oxygen atoms in total. The monoisotopic (exact) mass is 239 g/mol. The van der Waals surface area contributed by atoms with E-state index in [9.17, 15) is 0 Å². The van der Waals surface area contributed by atoms with Crippen molar-refractivity contribution < 1.29 is 4.74 Å². The lowest BCUT2D eigenvalue weighted by molar-refractivity contribution is 0.000123. The molecule has 2 rings (SSSR count). The van der Waals surface area contributed by atoms with Crippen LogP contribution in [-0.2, 0) is 11.2 Å². The van der Waals surface area contributed by atoms with Crippen LogP contribution in [0.5, 0.6) is 0 Å². The largest absolute Gasteiger partial charge is 0.378 e. The van der Waals surface area contributed by atoms with E-state index >= 15 is 0 Å². The van der Waals surface area contributed by atoms with Crippen molar-refractivity contribution in [2.45, 2.75) is 44.8 Å². The summed E-state index contributed by atoms with van der Waals surface area (Å²) < 4.78 is 5.67. The van der Waals surface area contributed by atoms with E-state index in [-0.39, 0.29) is 0 Å². The van der Waals surface area contributed by atoms with E-state index in [0.29, 0.717) is 12.1 Å².